The smallest absolute Gasteiger partial charge is 0.118 e. The molecular formula is C18H29NO3. The predicted molar refractivity (Wildman–Crippen MR) is 85.8 cm³/mol. The molecule has 4 nitrogen and oxygen atoms in total. The molecule has 1 atom stereocenters. The van der Waals surface area contributed by atoms with Crippen LogP contribution in [0.25, 0.3) is 0 Å². The third-order valence-electron chi connectivity index (χ3n) is 5.48. The van der Waals surface area contributed by atoms with Crippen LogP contribution in [0.2, 0.25) is 0 Å². The topological polar surface area (TPSA) is 34.8 Å². The van der Waals surface area contributed by atoms with Crippen LogP contribution in [0.15, 0.2) is 16.5 Å². The molecule has 0 unspecified atom stereocenters. The molecule has 0 aliphatic carbocycles. The minimum absolute atomic E-state index is 0.434. The molecule has 0 radical (unpaired) electrons. The van der Waals surface area contributed by atoms with Crippen LogP contribution < -0.4 is 0 Å². The molecule has 3 heterocycles. The molecule has 1 aromatic rings. The molecule has 0 saturated carbocycles. The summed E-state index contributed by atoms with van der Waals surface area (Å²) in [6.45, 7) is 10.8. The number of hydrogen-bond acceptors (Lipinski definition) is 4. The average molecular weight is 307 g/mol. The maximum atomic E-state index is 5.72. The number of ether oxygens (including phenoxy) is 2. The van der Waals surface area contributed by atoms with E-state index < -0.39 is 0 Å². The molecule has 2 aliphatic rings. The second kappa shape index (κ2) is 7.16. The summed E-state index contributed by atoms with van der Waals surface area (Å²) in [4.78, 5) is 2.52. The summed E-state index contributed by atoms with van der Waals surface area (Å²) in [7, 11) is 0. The lowest BCUT2D eigenvalue weighted by atomic mass is 9.66. The molecule has 2 aliphatic heterocycles. The number of aryl methyl sites for hydroxylation is 1. The Bertz CT molecular complexity index is 463. The standard InChI is InChI=1S/C18H29NO3/c1-3-20-13-16-14-21-11-8-18(16)6-9-19(10-7-18)12-17-5-4-15(2)22-17/h4-5,16H,3,6-14H2,1-2H3/t16-/m0/s1. The Balaban J connectivity index is 1.56. The zero-order valence-corrected chi connectivity index (χ0v) is 14.0. The lowest BCUT2D eigenvalue weighted by Gasteiger charge is -2.48. The normalized spacial score (nSPS) is 25.6. The maximum absolute atomic E-state index is 5.72. The summed E-state index contributed by atoms with van der Waals surface area (Å²) in [5, 5.41) is 0. The highest BCUT2D eigenvalue weighted by molar-refractivity contribution is 5.06. The Kier molecular flexibility index (Phi) is 5.21. The third kappa shape index (κ3) is 3.55. The van der Waals surface area contributed by atoms with Crippen LogP contribution in [0.3, 0.4) is 0 Å². The van der Waals surface area contributed by atoms with Gasteiger partial charge in [-0.1, -0.05) is 0 Å². The fraction of sp³-hybridized carbons (Fsp3) is 0.778. The van der Waals surface area contributed by atoms with Crippen molar-refractivity contribution in [2.75, 3.05) is 39.5 Å². The lowest BCUT2D eigenvalue weighted by molar-refractivity contribution is -0.0996. The quantitative estimate of drug-likeness (QED) is 0.836. The van der Waals surface area contributed by atoms with E-state index in [2.05, 4.69) is 24.0 Å². The molecule has 22 heavy (non-hydrogen) atoms. The zero-order valence-electron chi connectivity index (χ0n) is 14.0. The van der Waals surface area contributed by atoms with E-state index >= 15 is 0 Å². The molecule has 2 saturated heterocycles. The Morgan fingerprint density at radius 2 is 2.09 bits per heavy atom. The van der Waals surface area contributed by atoms with Crippen LogP contribution >= 0.6 is 0 Å². The molecule has 0 N–H and O–H groups in total. The van der Waals surface area contributed by atoms with E-state index in [1.807, 2.05) is 6.92 Å². The molecule has 0 aromatic carbocycles. The predicted octanol–water partition coefficient (Wildman–Crippen LogP) is 3.24. The van der Waals surface area contributed by atoms with Crippen molar-refractivity contribution in [1.82, 2.24) is 4.90 Å². The zero-order chi connectivity index (χ0) is 15.4. The van der Waals surface area contributed by atoms with E-state index in [-0.39, 0.29) is 0 Å². The van der Waals surface area contributed by atoms with Crippen LogP contribution in [-0.2, 0) is 16.0 Å². The van der Waals surface area contributed by atoms with Crippen LogP contribution in [0, 0.1) is 18.3 Å². The van der Waals surface area contributed by atoms with Gasteiger partial charge in [0.15, 0.2) is 0 Å². The Hall–Kier alpha value is -0.840. The van der Waals surface area contributed by atoms with Gasteiger partial charge in [-0.2, -0.15) is 0 Å². The number of hydrogen-bond donors (Lipinski definition) is 0. The van der Waals surface area contributed by atoms with Gasteiger partial charge in [0.25, 0.3) is 0 Å². The van der Waals surface area contributed by atoms with Crippen molar-refractivity contribution in [3.63, 3.8) is 0 Å². The second-order valence-electron chi connectivity index (χ2n) is 6.83. The maximum Gasteiger partial charge on any atom is 0.118 e. The molecule has 3 rings (SSSR count). The first-order valence-corrected chi connectivity index (χ1v) is 8.65. The fourth-order valence-electron chi connectivity index (χ4n) is 3.97. The summed E-state index contributed by atoms with van der Waals surface area (Å²) >= 11 is 0. The molecule has 1 aromatic heterocycles. The van der Waals surface area contributed by atoms with Crippen molar-refractivity contribution in [2.45, 2.75) is 39.7 Å². The second-order valence-corrected chi connectivity index (χ2v) is 6.83. The third-order valence-corrected chi connectivity index (χ3v) is 5.48. The molecule has 0 bridgehead atoms. The van der Waals surface area contributed by atoms with Gasteiger partial charge in [-0.3, -0.25) is 4.90 Å². The number of rotatable bonds is 5. The van der Waals surface area contributed by atoms with Gasteiger partial charge in [-0.25, -0.2) is 0 Å². The van der Waals surface area contributed by atoms with E-state index in [4.69, 9.17) is 13.9 Å². The van der Waals surface area contributed by atoms with Crippen LogP contribution in [0.1, 0.15) is 37.7 Å². The van der Waals surface area contributed by atoms with Gasteiger partial charge >= 0.3 is 0 Å². The SMILES string of the molecule is CCOC[C@H]1COCCC12CCN(Cc1ccc(C)o1)CC2. The van der Waals surface area contributed by atoms with E-state index in [0.29, 0.717) is 11.3 Å². The molecule has 4 heteroatoms. The fourth-order valence-corrected chi connectivity index (χ4v) is 3.97. The van der Waals surface area contributed by atoms with Gasteiger partial charge in [0, 0.05) is 19.1 Å². The highest BCUT2D eigenvalue weighted by Gasteiger charge is 2.43. The van der Waals surface area contributed by atoms with E-state index in [9.17, 15) is 0 Å². The van der Waals surface area contributed by atoms with Crippen molar-refractivity contribution in [1.29, 1.82) is 0 Å². The molecule has 124 valence electrons. The van der Waals surface area contributed by atoms with Gasteiger partial charge in [0.05, 0.1) is 19.8 Å². The minimum Gasteiger partial charge on any atom is -0.465 e. The highest BCUT2D eigenvalue weighted by atomic mass is 16.5. The van der Waals surface area contributed by atoms with Crippen LogP contribution in [0.4, 0.5) is 0 Å². The monoisotopic (exact) mass is 307 g/mol. The summed E-state index contributed by atoms with van der Waals surface area (Å²) < 4.78 is 17.2. The number of nitrogens with zero attached hydrogens (tertiary/aromatic N) is 1. The number of piperidine rings is 1. The summed E-state index contributed by atoms with van der Waals surface area (Å²) in [5.41, 5.74) is 0.434. The van der Waals surface area contributed by atoms with Crippen molar-refractivity contribution >= 4 is 0 Å². The molecular weight excluding hydrogens is 278 g/mol. The van der Waals surface area contributed by atoms with Crippen LogP contribution in [0.5, 0.6) is 0 Å². The Morgan fingerprint density at radius 3 is 2.77 bits per heavy atom. The number of furan rings is 1. The first-order valence-electron chi connectivity index (χ1n) is 8.65. The summed E-state index contributed by atoms with van der Waals surface area (Å²) in [6.07, 6.45) is 3.71. The van der Waals surface area contributed by atoms with Gasteiger partial charge < -0.3 is 13.9 Å². The first kappa shape index (κ1) is 16.0. The Morgan fingerprint density at radius 1 is 1.27 bits per heavy atom. The minimum atomic E-state index is 0.434. The van der Waals surface area contributed by atoms with E-state index in [1.54, 1.807) is 0 Å². The van der Waals surface area contributed by atoms with Crippen LogP contribution in [-0.4, -0.2) is 44.4 Å². The van der Waals surface area contributed by atoms with Crippen molar-refractivity contribution in [3.8, 4) is 0 Å². The summed E-state index contributed by atoms with van der Waals surface area (Å²) in [5.74, 6) is 2.66. The van der Waals surface area contributed by atoms with Crippen molar-refractivity contribution in [2.24, 2.45) is 11.3 Å². The van der Waals surface area contributed by atoms with Crippen molar-refractivity contribution < 1.29 is 13.9 Å². The number of likely N-dealkylation sites (tertiary alicyclic amines) is 1. The first-order chi connectivity index (χ1) is 10.7. The van der Waals surface area contributed by atoms with E-state index in [0.717, 1.165) is 57.6 Å². The van der Waals surface area contributed by atoms with Gasteiger partial charge in [-0.15, -0.1) is 0 Å². The highest BCUT2D eigenvalue weighted by Crippen LogP contribution is 2.45. The average Bonchev–Trinajstić information content (AvgIpc) is 2.94. The van der Waals surface area contributed by atoms with E-state index in [1.165, 1.54) is 19.3 Å². The molecule has 0 amide bonds. The Labute approximate surface area is 133 Å². The molecule has 2 fully saturated rings. The van der Waals surface area contributed by atoms with Gasteiger partial charge in [0.1, 0.15) is 11.5 Å². The van der Waals surface area contributed by atoms with Crippen molar-refractivity contribution in [3.05, 3.63) is 23.7 Å². The lowest BCUT2D eigenvalue weighted by Crippen LogP contribution is -2.49. The van der Waals surface area contributed by atoms with Gasteiger partial charge in [0.2, 0.25) is 0 Å². The molecule has 1 spiro atoms. The largest absolute Gasteiger partial charge is 0.465 e. The van der Waals surface area contributed by atoms with Gasteiger partial charge in [-0.05, 0) is 63.7 Å². The summed E-state index contributed by atoms with van der Waals surface area (Å²) in [6, 6.07) is 4.16.